The second kappa shape index (κ2) is 13.9. The molecule has 0 amide bonds. The largest absolute Gasteiger partial charge is 0.310 e. The topological polar surface area (TPSA) is 6.48 Å². The Morgan fingerprint density at radius 3 is 1.44 bits per heavy atom. The first kappa shape index (κ1) is 34.8. The highest BCUT2D eigenvalue weighted by Gasteiger charge is 2.41. The average Bonchev–Trinajstić information content (AvgIpc) is 3.42. The highest BCUT2D eigenvalue weighted by molar-refractivity contribution is 6.06. The molecular weight excluding hydrogens is 713 g/mol. The molecule has 2 aliphatic rings. The third kappa shape index (κ3) is 5.79. The van der Waals surface area contributed by atoms with Crippen molar-refractivity contribution in [2.75, 3.05) is 9.80 Å². The number of anilines is 6. The molecule has 2 heterocycles. The molecule has 2 heteroatoms. The predicted octanol–water partition coefficient (Wildman–Crippen LogP) is 15.9. The number of hydrogen-bond acceptors (Lipinski definition) is 2. The molecule has 0 aliphatic carbocycles. The van der Waals surface area contributed by atoms with E-state index in [-0.39, 0.29) is 5.41 Å². The number of fused-ring (bicyclic) bond motifs is 7. The van der Waals surface area contributed by atoms with Crippen LogP contribution in [-0.4, -0.2) is 0 Å². The molecule has 0 spiro atoms. The minimum absolute atomic E-state index is 0.230. The lowest BCUT2D eigenvalue weighted by Crippen LogP contribution is -2.31. The molecule has 0 bridgehead atoms. The molecule has 2 nitrogen and oxygen atoms in total. The lowest BCUT2D eigenvalue weighted by Gasteiger charge is -2.43. The molecule has 0 saturated carbocycles. The van der Waals surface area contributed by atoms with Crippen LogP contribution in [0.25, 0.3) is 55.6 Å². The Hall–Kier alpha value is -7.42. The van der Waals surface area contributed by atoms with E-state index in [9.17, 15) is 0 Å². The molecule has 280 valence electrons. The van der Waals surface area contributed by atoms with E-state index < -0.39 is 0 Å². The molecular formula is C57H42N2. The van der Waals surface area contributed by atoms with Gasteiger partial charge >= 0.3 is 0 Å². The van der Waals surface area contributed by atoms with Crippen LogP contribution in [0.1, 0.15) is 25.0 Å². The quantitative estimate of drug-likeness (QED) is 0.167. The summed E-state index contributed by atoms with van der Waals surface area (Å²) in [7, 11) is 0. The Kier molecular flexibility index (Phi) is 8.20. The van der Waals surface area contributed by atoms with Gasteiger partial charge in [0.2, 0.25) is 0 Å². The Labute approximate surface area is 346 Å². The van der Waals surface area contributed by atoms with Gasteiger partial charge in [-0.2, -0.15) is 0 Å². The van der Waals surface area contributed by atoms with Crippen LogP contribution in [0.2, 0.25) is 0 Å². The standard InChI is InChI=1S/C57H42N2/c1-57(2)52-28-12-14-30-55(52)59-54-29-13-11-27-50(54)48-25-9-10-26-49(48)51-37-44(38-53(57)56(51)59)41-31-33-45(34-32-41)58(46-23-15-21-42(35-46)39-17-5-3-6-18-39)47-24-16-22-43(36-47)40-19-7-4-8-20-40/h3-38H,1-2H3. The van der Waals surface area contributed by atoms with Crippen LogP contribution >= 0.6 is 0 Å². The summed E-state index contributed by atoms with van der Waals surface area (Å²) in [5.41, 5.74) is 21.7. The summed E-state index contributed by atoms with van der Waals surface area (Å²) in [6, 6.07) is 79.9. The van der Waals surface area contributed by atoms with Crippen LogP contribution in [0.4, 0.5) is 34.1 Å². The van der Waals surface area contributed by atoms with Gasteiger partial charge in [-0.15, -0.1) is 0 Å². The number of para-hydroxylation sites is 2. The number of rotatable bonds is 6. The summed E-state index contributed by atoms with van der Waals surface area (Å²) in [6.45, 7) is 4.78. The van der Waals surface area contributed by atoms with Gasteiger partial charge < -0.3 is 9.80 Å². The van der Waals surface area contributed by atoms with Gasteiger partial charge in [0.15, 0.2) is 0 Å². The fraction of sp³-hybridized carbons (Fsp3) is 0.0526. The van der Waals surface area contributed by atoms with E-state index in [1.54, 1.807) is 0 Å². The van der Waals surface area contributed by atoms with Crippen LogP contribution in [-0.2, 0) is 5.41 Å². The third-order valence-electron chi connectivity index (χ3n) is 12.4. The SMILES string of the molecule is CC1(C)c2ccccc2N2c3ccccc3-c3ccccc3-c3cc(-c4ccc(N(c5cccc(-c6ccccc6)c5)c5cccc(-c6ccccc6)c5)cc4)cc1c32. The average molecular weight is 755 g/mol. The Bertz CT molecular complexity index is 2930. The minimum atomic E-state index is -0.230. The summed E-state index contributed by atoms with van der Waals surface area (Å²) in [6.07, 6.45) is 0. The summed E-state index contributed by atoms with van der Waals surface area (Å²) < 4.78 is 0. The molecule has 0 atom stereocenters. The summed E-state index contributed by atoms with van der Waals surface area (Å²) >= 11 is 0. The van der Waals surface area contributed by atoms with E-state index in [1.165, 1.54) is 83.8 Å². The smallest absolute Gasteiger partial charge is 0.0581 e. The van der Waals surface area contributed by atoms with Crippen molar-refractivity contribution in [2.45, 2.75) is 19.3 Å². The van der Waals surface area contributed by atoms with E-state index in [2.05, 4.69) is 242 Å². The summed E-state index contributed by atoms with van der Waals surface area (Å²) in [5.74, 6) is 0. The van der Waals surface area contributed by atoms with Crippen LogP contribution in [0.5, 0.6) is 0 Å². The van der Waals surface area contributed by atoms with Gasteiger partial charge in [0, 0.05) is 33.6 Å². The van der Waals surface area contributed by atoms with Crippen LogP contribution < -0.4 is 9.80 Å². The molecule has 0 N–H and O–H groups in total. The van der Waals surface area contributed by atoms with Crippen molar-refractivity contribution in [1.29, 1.82) is 0 Å². The first-order valence-corrected chi connectivity index (χ1v) is 20.5. The molecule has 0 fully saturated rings. The van der Waals surface area contributed by atoms with E-state index in [4.69, 9.17) is 0 Å². The van der Waals surface area contributed by atoms with Crippen LogP contribution in [0, 0.1) is 0 Å². The highest BCUT2D eigenvalue weighted by atomic mass is 15.2. The van der Waals surface area contributed by atoms with Gasteiger partial charge in [0.25, 0.3) is 0 Å². The van der Waals surface area contributed by atoms with E-state index in [0.717, 1.165) is 17.1 Å². The zero-order chi connectivity index (χ0) is 39.5. The Morgan fingerprint density at radius 1 is 0.322 bits per heavy atom. The first-order chi connectivity index (χ1) is 29.0. The summed E-state index contributed by atoms with van der Waals surface area (Å²) in [5, 5.41) is 0. The second-order valence-corrected chi connectivity index (χ2v) is 16.2. The molecule has 0 aromatic heterocycles. The predicted molar refractivity (Wildman–Crippen MR) is 249 cm³/mol. The number of hydrogen-bond donors (Lipinski definition) is 0. The van der Waals surface area contributed by atoms with Gasteiger partial charge in [0.1, 0.15) is 0 Å². The molecule has 2 aliphatic heterocycles. The van der Waals surface area contributed by atoms with Crippen molar-refractivity contribution in [3.05, 3.63) is 230 Å². The van der Waals surface area contributed by atoms with Crippen molar-refractivity contribution in [3.8, 4) is 55.6 Å². The third-order valence-corrected chi connectivity index (χ3v) is 12.4. The molecule has 0 saturated heterocycles. The molecule has 59 heavy (non-hydrogen) atoms. The summed E-state index contributed by atoms with van der Waals surface area (Å²) in [4.78, 5) is 4.91. The van der Waals surface area contributed by atoms with E-state index in [0.29, 0.717) is 0 Å². The molecule has 0 radical (unpaired) electrons. The van der Waals surface area contributed by atoms with Crippen molar-refractivity contribution in [1.82, 2.24) is 0 Å². The molecule has 11 rings (SSSR count). The molecule has 0 unspecified atom stereocenters. The lowest BCUT2D eigenvalue weighted by atomic mass is 9.71. The maximum atomic E-state index is 2.53. The monoisotopic (exact) mass is 754 g/mol. The van der Waals surface area contributed by atoms with Crippen LogP contribution in [0.15, 0.2) is 218 Å². The Morgan fingerprint density at radius 2 is 0.814 bits per heavy atom. The van der Waals surface area contributed by atoms with Crippen molar-refractivity contribution in [3.63, 3.8) is 0 Å². The minimum Gasteiger partial charge on any atom is -0.310 e. The van der Waals surface area contributed by atoms with Gasteiger partial charge in [-0.1, -0.05) is 172 Å². The van der Waals surface area contributed by atoms with Crippen molar-refractivity contribution < 1.29 is 0 Å². The van der Waals surface area contributed by atoms with Gasteiger partial charge in [-0.05, 0) is 116 Å². The fourth-order valence-electron chi connectivity index (χ4n) is 9.45. The molecule has 9 aromatic rings. The number of nitrogens with zero attached hydrogens (tertiary/aromatic N) is 2. The van der Waals surface area contributed by atoms with Crippen LogP contribution in [0.3, 0.4) is 0 Å². The van der Waals surface area contributed by atoms with E-state index >= 15 is 0 Å². The second-order valence-electron chi connectivity index (χ2n) is 16.2. The Balaban J connectivity index is 1.08. The molecule has 9 aromatic carbocycles. The van der Waals surface area contributed by atoms with Crippen molar-refractivity contribution in [2.24, 2.45) is 0 Å². The van der Waals surface area contributed by atoms with E-state index in [1.807, 2.05) is 0 Å². The maximum absolute atomic E-state index is 2.53. The van der Waals surface area contributed by atoms with Gasteiger partial charge in [0.05, 0.1) is 17.1 Å². The number of benzene rings is 9. The fourth-order valence-corrected chi connectivity index (χ4v) is 9.45. The zero-order valence-electron chi connectivity index (χ0n) is 33.2. The normalized spacial score (nSPS) is 13.0. The highest BCUT2D eigenvalue weighted by Crippen LogP contribution is 2.59. The van der Waals surface area contributed by atoms with Crippen molar-refractivity contribution >= 4 is 34.1 Å². The lowest BCUT2D eigenvalue weighted by molar-refractivity contribution is 0.632. The van der Waals surface area contributed by atoms with Gasteiger partial charge in [-0.3, -0.25) is 0 Å². The van der Waals surface area contributed by atoms with Gasteiger partial charge in [-0.25, -0.2) is 0 Å². The maximum Gasteiger partial charge on any atom is 0.0581 e. The zero-order valence-corrected chi connectivity index (χ0v) is 33.2. The first-order valence-electron chi connectivity index (χ1n) is 20.5.